The van der Waals surface area contributed by atoms with E-state index in [1.54, 1.807) is 7.11 Å². The summed E-state index contributed by atoms with van der Waals surface area (Å²) < 4.78 is 29.1. The summed E-state index contributed by atoms with van der Waals surface area (Å²) in [7, 11) is 1.66. The molecule has 1 atom stereocenters. The van der Waals surface area contributed by atoms with Crippen molar-refractivity contribution in [3.8, 4) is 11.4 Å². The van der Waals surface area contributed by atoms with Gasteiger partial charge in [0.05, 0.1) is 12.6 Å². The van der Waals surface area contributed by atoms with Crippen LogP contribution in [0.3, 0.4) is 0 Å². The molecule has 1 unspecified atom stereocenters. The third kappa shape index (κ3) is 3.04. The molecule has 0 radical (unpaired) electrons. The van der Waals surface area contributed by atoms with Gasteiger partial charge in [-0.15, -0.1) is 0 Å². The van der Waals surface area contributed by atoms with E-state index >= 15 is 0 Å². The van der Waals surface area contributed by atoms with Crippen molar-refractivity contribution in [3.05, 3.63) is 60.3 Å². The molecule has 1 aromatic heterocycles. The molecule has 6 heteroatoms. The Morgan fingerprint density at radius 1 is 1.18 bits per heavy atom. The molecule has 0 aliphatic carbocycles. The van der Waals surface area contributed by atoms with Crippen molar-refractivity contribution in [2.24, 2.45) is 0 Å². The number of rotatable bonds is 5. The number of methoxy groups -OCH3 is 1. The lowest BCUT2D eigenvalue weighted by molar-refractivity contribution is 0.415. The summed E-state index contributed by atoms with van der Waals surface area (Å²) in [6, 6.07) is 15.9. The molecule has 0 spiro atoms. The zero-order valence-electron chi connectivity index (χ0n) is 12.0. The molecule has 5 nitrogen and oxygen atoms in total. The van der Waals surface area contributed by atoms with E-state index in [1.807, 2.05) is 54.7 Å². The molecular formula is C16H16N2O3S. The summed E-state index contributed by atoms with van der Waals surface area (Å²) >= 11 is -1.99. The number of nitrogens with zero attached hydrogens (tertiary/aromatic N) is 1. The molecule has 0 aliphatic heterocycles. The number of benzene rings is 2. The maximum Gasteiger partial charge on any atom is 0.232 e. The van der Waals surface area contributed by atoms with E-state index in [1.165, 1.54) is 0 Å². The van der Waals surface area contributed by atoms with E-state index in [9.17, 15) is 4.21 Å². The predicted molar refractivity (Wildman–Crippen MR) is 87.4 cm³/mol. The Labute approximate surface area is 130 Å². The minimum atomic E-state index is -1.99. The van der Waals surface area contributed by atoms with Crippen molar-refractivity contribution in [3.63, 3.8) is 0 Å². The Morgan fingerprint density at radius 3 is 2.64 bits per heavy atom. The standard InChI is InChI=1S/C16H16N2O3S/c1-21-15-6-7-16-13(10-15)8-9-18(16)14-4-2-12(3-5-14)11-17-22(19)20/h2-10,17H,11H2,1H3,(H,19,20). The summed E-state index contributed by atoms with van der Waals surface area (Å²) in [6.07, 6.45) is 2.01. The van der Waals surface area contributed by atoms with Gasteiger partial charge in [-0.2, -0.15) is 0 Å². The highest BCUT2D eigenvalue weighted by Gasteiger charge is 2.05. The van der Waals surface area contributed by atoms with Crippen LogP contribution in [0.1, 0.15) is 5.56 Å². The first-order chi connectivity index (χ1) is 10.7. The normalized spacial score (nSPS) is 12.5. The first-order valence-corrected chi connectivity index (χ1v) is 7.87. The molecule has 0 saturated heterocycles. The average molecular weight is 316 g/mol. The van der Waals surface area contributed by atoms with Crippen molar-refractivity contribution < 1.29 is 13.5 Å². The van der Waals surface area contributed by atoms with Crippen molar-refractivity contribution in [2.75, 3.05) is 7.11 Å². The average Bonchev–Trinajstić information content (AvgIpc) is 2.96. The molecule has 114 valence electrons. The van der Waals surface area contributed by atoms with Crippen LogP contribution >= 0.6 is 0 Å². The fourth-order valence-electron chi connectivity index (χ4n) is 2.39. The maximum absolute atomic E-state index is 10.6. The van der Waals surface area contributed by atoms with Crippen LogP contribution in [0.2, 0.25) is 0 Å². The largest absolute Gasteiger partial charge is 0.497 e. The minimum absolute atomic E-state index is 0.354. The van der Waals surface area contributed by atoms with E-state index in [-0.39, 0.29) is 0 Å². The first-order valence-electron chi connectivity index (χ1n) is 6.76. The van der Waals surface area contributed by atoms with Gasteiger partial charge in [0.25, 0.3) is 0 Å². The lowest BCUT2D eigenvalue weighted by Gasteiger charge is -2.08. The van der Waals surface area contributed by atoms with Gasteiger partial charge in [-0.1, -0.05) is 12.1 Å². The molecule has 3 rings (SSSR count). The quantitative estimate of drug-likeness (QED) is 0.712. The van der Waals surface area contributed by atoms with Crippen LogP contribution in [0, 0.1) is 0 Å². The Hall–Kier alpha value is -2.15. The zero-order valence-corrected chi connectivity index (χ0v) is 12.8. The van der Waals surface area contributed by atoms with Gasteiger partial charge in [0.1, 0.15) is 5.75 Å². The summed E-state index contributed by atoms with van der Waals surface area (Å²) in [5.74, 6) is 0.837. The molecule has 0 aliphatic rings. The number of hydrogen-bond donors (Lipinski definition) is 2. The molecule has 2 N–H and O–H groups in total. The molecular weight excluding hydrogens is 300 g/mol. The van der Waals surface area contributed by atoms with Crippen LogP contribution in [-0.4, -0.2) is 20.4 Å². The summed E-state index contributed by atoms with van der Waals surface area (Å²) in [5.41, 5.74) is 3.08. The molecule has 0 fully saturated rings. The van der Waals surface area contributed by atoms with Gasteiger partial charge in [-0.25, -0.2) is 8.93 Å². The number of ether oxygens (including phenoxy) is 1. The van der Waals surface area contributed by atoms with E-state index in [0.29, 0.717) is 6.54 Å². The van der Waals surface area contributed by atoms with Crippen LogP contribution in [0.5, 0.6) is 5.75 Å². The topological polar surface area (TPSA) is 63.5 Å². The fraction of sp³-hybridized carbons (Fsp3) is 0.125. The van der Waals surface area contributed by atoms with E-state index in [2.05, 4.69) is 9.29 Å². The van der Waals surface area contributed by atoms with E-state index < -0.39 is 11.3 Å². The predicted octanol–water partition coefficient (Wildman–Crippen LogP) is 2.87. The fourth-order valence-corrected chi connectivity index (χ4v) is 2.68. The SMILES string of the molecule is COc1ccc2c(ccn2-c2ccc(CNS(=O)O)cc2)c1. The van der Waals surface area contributed by atoms with Crippen molar-refractivity contribution in [2.45, 2.75) is 6.54 Å². The van der Waals surface area contributed by atoms with Crippen LogP contribution in [-0.2, 0) is 17.8 Å². The Morgan fingerprint density at radius 2 is 1.95 bits per heavy atom. The second kappa shape index (κ2) is 6.31. The number of hydrogen-bond acceptors (Lipinski definition) is 2. The second-order valence-electron chi connectivity index (χ2n) is 4.85. The molecule has 2 aromatic carbocycles. The van der Waals surface area contributed by atoms with Crippen LogP contribution < -0.4 is 9.46 Å². The smallest absolute Gasteiger partial charge is 0.232 e. The third-order valence-corrected chi connectivity index (χ3v) is 3.90. The highest BCUT2D eigenvalue weighted by atomic mass is 32.2. The van der Waals surface area contributed by atoms with E-state index in [4.69, 9.17) is 9.29 Å². The van der Waals surface area contributed by atoms with Gasteiger partial charge in [-0.05, 0) is 42.0 Å². The summed E-state index contributed by atoms with van der Waals surface area (Å²) in [4.78, 5) is 0. The van der Waals surface area contributed by atoms with Gasteiger partial charge in [-0.3, -0.25) is 4.55 Å². The molecule has 3 aromatic rings. The molecule has 1 heterocycles. The Kier molecular flexibility index (Phi) is 4.24. The monoisotopic (exact) mass is 316 g/mol. The highest BCUT2D eigenvalue weighted by Crippen LogP contribution is 2.24. The third-order valence-electron chi connectivity index (χ3n) is 3.51. The van der Waals surface area contributed by atoms with Gasteiger partial charge in [0.15, 0.2) is 0 Å². The number of nitrogens with one attached hydrogen (secondary N) is 1. The highest BCUT2D eigenvalue weighted by molar-refractivity contribution is 7.77. The molecule has 0 saturated carbocycles. The summed E-state index contributed by atoms with van der Waals surface area (Å²) in [5, 5.41) is 1.11. The lowest BCUT2D eigenvalue weighted by Crippen LogP contribution is -2.15. The van der Waals surface area contributed by atoms with Gasteiger partial charge < -0.3 is 9.30 Å². The van der Waals surface area contributed by atoms with Gasteiger partial charge >= 0.3 is 0 Å². The Balaban J connectivity index is 1.89. The van der Waals surface area contributed by atoms with Gasteiger partial charge in [0.2, 0.25) is 11.3 Å². The van der Waals surface area contributed by atoms with Gasteiger partial charge in [0, 0.05) is 23.8 Å². The van der Waals surface area contributed by atoms with E-state index in [0.717, 1.165) is 27.9 Å². The Bertz CT molecular complexity index is 812. The van der Waals surface area contributed by atoms with Crippen LogP contribution in [0.4, 0.5) is 0 Å². The van der Waals surface area contributed by atoms with Crippen molar-refractivity contribution >= 4 is 22.2 Å². The van der Waals surface area contributed by atoms with Crippen LogP contribution in [0.15, 0.2) is 54.7 Å². The number of aromatic nitrogens is 1. The first kappa shape index (κ1) is 14.8. The number of fused-ring (bicyclic) bond motifs is 1. The zero-order chi connectivity index (χ0) is 15.5. The maximum atomic E-state index is 10.6. The minimum Gasteiger partial charge on any atom is -0.497 e. The molecule has 0 amide bonds. The molecule has 22 heavy (non-hydrogen) atoms. The van der Waals surface area contributed by atoms with Crippen molar-refractivity contribution in [1.29, 1.82) is 0 Å². The summed E-state index contributed by atoms with van der Waals surface area (Å²) in [6.45, 7) is 0.354. The van der Waals surface area contributed by atoms with Crippen molar-refractivity contribution in [1.82, 2.24) is 9.29 Å². The van der Waals surface area contributed by atoms with Crippen LogP contribution in [0.25, 0.3) is 16.6 Å². The lowest BCUT2D eigenvalue weighted by atomic mass is 10.2. The molecule has 0 bridgehead atoms. The second-order valence-corrected chi connectivity index (χ2v) is 5.63.